The highest BCUT2D eigenvalue weighted by Gasteiger charge is 2.51. The lowest BCUT2D eigenvalue weighted by atomic mass is 9.95. The molecule has 15 nitrogen and oxygen atoms in total. The van der Waals surface area contributed by atoms with Gasteiger partial charge in [0.2, 0.25) is 18.8 Å². The van der Waals surface area contributed by atoms with Crippen LogP contribution in [0.3, 0.4) is 0 Å². The van der Waals surface area contributed by atoms with Crippen LogP contribution in [0, 0.1) is 0 Å². The lowest BCUT2D eigenvalue weighted by Crippen LogP contribution is -2.65. The molecule has 2 fully saturated rings. The summed E-state index contributed by atoms with van der Waals surface area (Å²) < 4.78 is 41.9. The third-order valence-electron chi connectivity index (χ3n) is 8.99. The molecule has 4 aliphatic rings. The highest BCUT2D eigenvalue weighted by atomic mass is 16.7. The summed E-state index contributed by atoms with van der Waals surface area (Å²) in [5.74, 6) is 1.97. The van der Waals surface area contributed by atoms with Crippen molar-refractivity contribution in [2.24, 2.45) is 0 Å². The number of methoxy groups -OCH3 is 1. The molecule has 0 radical (unpaired) electrons. The Hall–Kier alpha value is -3.35. The maximum atomic E-state index is 11.1. The van der Waals surface area contributed by atoms with Gasteiger partial charge in [-0.05, 0) is 35.2 Å². The van der Waals surface area contributed by atoms with E-state index in [1.165, 1.54) is 7.11 Å². The Kier molecular flexibility index (Phi) is 8.39. The summed E-state index contributed by atoms with van der Waals surface area (Å²) in [5, 5.41) is 73.9. The Labute approximate surface area is 262 Å². The molecule has 5 heterocycles. The van der Waals surface area contributed by atoms with Crippen LogP contribution in [0.1, 0.15) is 5.56 Å². The number of benzene rings is 2. The van der Waals surface area contributed by atoms with Crippen LogP contribution >= 0.6 is 0 Å². The second-order valence-electron chi connectivity index (χ2n) is 11.7. The minimum absolute atomic E-state index is 0.179. The van der Waals surface area contributed by atoms with Crippen molar-refractivity contribution in [2.75, 3.05) is 27.1 Å². The number of hydrogen-bond donors (Lipinski definition) is 7. The molecule has 3 aromatic rings. The van der Waals surface area contributed by atoms with E-state index in [1.54, 1.807) is 6.07 Å². The van der Waals surface area contributed by atoms with Gasteiger partial charge < -0.3 is 68.9 Å². The number of aromatic nitrogens is 1. The molecule has 7 N–H and O–H groups in total. The molecule has 0 amide bonds. The highest BCUT2D eigenvalue weighted by Crippen LogP contribution is 2.42. The van der Waals surface area contributed by atoms with Gasteiger partial charge in [-0.15, -0.1) is 0 Å². The molecule has 2 saturated heterocycles. The van der Waals surface area contributed by atoms with Gasteiger partial charge in [-0.2, -0.15) is 4.57 Å². The Morgan fingerprint density at radius 2 is 1.54 bits per heavy atom. The van der Waals surface area contributed by atoms with E-state index in [9.17, 15) is 35.7 Å². The number of aryl methyl sites for hydroxylation is 2. The number of ether oxygens (including phenoxy) is 7. The second kappa shape index (κ2) is 12.4. The van der Waals surface area contributed by atoms with E-state index in [0.717, 1.165) is 34.4 Å². The summed E-state index contributed by atoms with van der Waals surface area (Å²) in [6.07, 6.45) is -13.1. The standard InChI is InChI=1S/C31H36NO14/c1-40-18-3-2-13-6-17-15-8-20-19(41-12-42-20)7-14(15)4-5-32(17)9-16(13)28(18)45-31-27(39)25(37)29(22(11-34)44-31)46-30-26(38)24(36)23(35)21(10-33)43-30/h2-3,6-9,21-27,29-31,33-39H,4-5,10-12H2,1H3/q+1/t21-,22-,23-,24+,25-,26-,27-,29-,30+,31?/m1/s1. The zero-order valence-electron chi connectivity index (χ0n) is 24.7. The first-order valence-corrected chi connectivity index (χ1v) is 14.9. The van der Waals surface area contributed by atoms with Crippen LogP contribution in [0.5, 0.6) is 23.0 Å². The Morgan fingerprint density at radius 1 is 0.826 bits per heavy atom. The molecule has 1 unspecified atom stereocenters. The van der Waals surface area contributed by atoms with Crippen LogP contribution in [0.2, 0.25) is 0 Å². The van der Waals surface area contributed by atoms with Crippen LogP contribution in [0.4, 0.5) is 0 Å². The topological polar surface area (TPSA) is 210 Å². The fourth-order valence-corrected chi connectivity index (χ4v) is 6.45. The van der Waals surface area contributed by atoms with E-state index >= 15 is 0 Å². The molecule has 46 heavy (non-hydrogen) atoms. The Bertz CT molecular complexity index is 1600. The number of rotatable bonds is 7. The number of nitrogens with zero attached hydrogens (tertiary/aromatic N) is 1. The van der Waals surface area contributed by atoms with Crippen LogP contribution in [-0.4, -0.2) is 124 Å². The first-order chi connectivity index (χ1) is 22.2. The highest BCUT2D eigenvalue weighted by molar-refractivity contribution is 5.91. The fraction of sp³-hybridized carbons (Fsp3) is 0.516. The number of aliphatic hydroxyl groups is 7. The molecule has 0 spiro atoms. The van der Waals surface area contributed by atoms with Crippen LogP contribution in [0.15, 0.2) is 36.5 Å². The number of fused-ring (bicyclic) bond motifs is 5. The SMILES string of the molecule is COc1ccc2cc3[n+](cc2c1OC1O[C@H](CO)[C@@H](O[C@@H]2O[C@H](CO)[C@@H](O)[C@H](O)[C@H]2O)[C@H](O)[C@H]1O)CCc1cc2c(cc1-3)OCO2. The fourth-order valence-electron chi connectivity index (χ4n) is 6.45. The second-order valence-corrected chi connectivity index (χ2v) is 11.7. The normalized spacial score (nSPS) is 33.4. The van der Waals surface area contributed by atoms with E-state index in [0.29, 0.717) is 23.4 Å². The Morgan fingerprint density at radius 3 is 2.28 bits per heavy atom. The molecule has 248 valence electrons. The first-order valence-electron chi connectivity index (χ1n) is 14.9. The summed E-state index contributed by atoms with van der Waals surface area (Å²) in [6, 6.07) is 9.57. The largest absolute Gasteiger partial charge is 0.493 e. The summed E-state index contributed by atoms with van der Waals surface area (Å²) in [6.45, 7) is -0.542. The predicted octanol–water partition coefficient (Wildman–Crippen LogP) is -1.91. The summed E-state index contributed by atoms with van der Waals surface area (Å²) in [5.41, 5.74) is 3.11. The minimum atomic E-state index is -1.77. The maximum Gasteiger partial charge on any atom is 0.231 e. The van der Waals surface area contributed by atoms with Crippen LogP contribution < -0.4 is 23.5 Å². The van der Waals surface area contributed by atoms with Crippen molar-refractivity contribution in [3.8, 4) is 34.3 Å². The molecule has 4 aliphatic heterocycles. The third-order valence-corrected chi connectivity index (χ3v) is 8.99. The van der Waals surface area contributed by atoms with Crippen molar-refractivity contribution in [1.82, 2.24) is 0 Å². The van der Waals surface area contributed by atoms with Crippen molar-refractivity contribution in [1.29, 1.82) is 0 Å². The van der Waals surface area contributed by atoms with Gasteiger partial charge in [0.15, 0.2) is 42.0 Å². The number of hydrogen-bond acceptors (Lipinski definition) is 14. The van der Waals surface area contributed by atoms with E-state index in [-0.39, 0.29) is 12.5 Å². The molecule has 0 aliphatic carbocycles. The first kappa shape index (κ1) is 31.3. The van der Waals surface area contributed by atoms with Crippen LogP contribution in [0.25, 0.3) is 22.0 Å². The summed E-state index contributed by atoms with van der Waals surface area (Å²) >= 11 is 0. The molecule has 2 aromatic carbocycles. The van der Waals surface area contributed by atoms with Gasteiger partial charge in [0, 0.05) is 12.5 Å². The van der Waals surface area contributed by atoms with Crippen molar-refractivity contribution >= 4 is 10.8 Å². The molecular formula is C31H36NO14+. The van der Waals surface area contributed by atoms with Crippen molar-refractivity contribution in [3.05, 3.63) is 42.1 Å². The molecule has 0 saturated carbocycles. The van der Waals surface area contributed by atoms with E-state index in [1.807, 2.05) is 30.5 Å². The number of pyridine rings is 1. The molecule has 7 rings (SSSR count). The maximum absolute atomic E-state index is 11.1. The quantitative estimate of drug-likeness (QED) is 0.140. The van der Waals surface area contributed by atoms with Gasteiger partial charge >= 0.3 is 0 Å². The summed E-state index contributed by atoms with van der Waals surface area (Å²) in [7, 11) is 1.46. The van der Waals surface area contributed by atoms with Gasteiger partial charge in [-0.25, -0.2) is 0 Å². The Balaban J connectivity index is 1.17. The average molecular weight is 647 g/mol. The molecule has 10 atom stereocenters. The smallest absolute Gasteiger partial charge is 0.231 e. The van der Waals surface area contributed by atoms with Crippen molar-refractivity contribution in [2.45, 2.75) is 74.4 Å². The lowest BCUT2D eigenvalue weighted by Gasteiger charge is -2.45. The molecule has 1 aromatic heterocycles. The minimum Gasteiger partial charge on any atom is -0.493 e. The molecular weight excluding hydrogens is 610 g/mol. The lowest BCUT2D eigenvalue weighted by molar-refractivity contribution is -0.686. The average Bonchev–Trinajstić information content (AvgIpc) is 3.53. The zero-order chi connectivity index (χ0) is 32.3. The zero-order valence-corrected chi connectivity index (χ0v) is 24.7. The van der Waals surface area contributed by atoms with E-state index < -0.39 is 74.6 Å². The predicted molar refractivity (Wildman–Crippen MR) is 153 cm³/mol. The van der Waals surface area contributed by atoms with Gasteiger partial charge in [-0.1, -0.05) is 0 Å². The monoisotopic (exact) mass is 646 g/mol. The van der Waals surface area contributed by atoms with Gasteiger partial charge in [0.1, 0.15) is 48.8 Å². The van der Waals surface area contributed by atoms with E-state index in [2.05, 4.69) is 4.57 Å². The molecule has 15 heteroatoms. The van der Waals surface area contributed by atoms with Crippen molar-refractivity contribution < 1.29 is 73.5 Å². The van der Waals surface area contributed by atoms with E-state index in [4.69, 9.17) is 33.2 Å². The van der Waals surface area contributed by atoms with Crippen molar-refractivity contribution in [3.63, 3.8) is 0 Å². The van der Waals surface area contributed by atoms with Crippen LogP contribution in [-0.2, 0) is 27.2 Å². The number of aliphatic hydroxyl groups excluding tert-OH is 7. The van der Waals surface area contributed by atoms with Gasteiger partial charge in [0.25, 0.3) is 0 Å². The van der Waals surface area contributed by atoms with Gasteiger partial charge in [-0.3, -0.25) is 0 Å². The summed E-state index contributed by atoms with van der Waals surface area (Å²) in [4.78, 5) is 0. The van der Waals surface area contributed by atoms with Gasteiger partial charge in [0.05, 0.1) is 31.3 Å². The molecule has 0 bridgehead atoms. The third kappa shape index (κ3) is 5.22.